The number of rotatable bonds is 6. The number of hydrogen-bond donors (Lipinski definition) is 2. The third-order valence-electron chi connectivity index (χ3n) is 6.26. The first-order chi connectivity index (χ1) is 17.2. The Bertz CT molecular complexity index is 1300. The van der Waals surface area contributed by atoms with E-state index < -0.39 is 0 Å². The van der Waals surface area contributed by atoms with Crippen LogP contribution >= 0.6 is 0 Å². The van der Waals surface area contributed by atoms with Gasteiger partial charge in [0.1, 0.15) is 12.1 Å². The first kappa shape index (κ1) is 22.5. The van der Waals surface area contributed by atoms with Crippen LogP contribution in [0.2, 0.25) is 0 Å². The molecule has 5 rings (SSSR count). The van der Waals surface area contributed by atoms with Gasteiger partial charge in [0.05, 0.1) is 5.69 Å². The van der Waals surface area contributed by atoms with E-state index in [4.69, 9.17) is 0 Å². The number of anilines is 4. The second-order valence-electron chi connectivity index (χ2n) is 8.70. The Kier molecular flexibility index (Phi) is 6.66. The van der Waals surface area contributed by atoms with Crippen molar-refractivity contribution in [1.29, 1.82) is 0 Å². The molecular formula is C28H28N6O. The van der Waals surface area contributed by atoms with Crippen molar-refractivity contribution >= 4 is 28.8 Å². The molecule has 1 aliphatic heterocycles. The second-order valence-corrected chi connectivity index (χ2v) is 8.70. The normalized spacial score (nSPS) is 13.3. The third-order valence-corrected chi connectivity index (χ3v) is 6.26. The molecule has 1 amide bonds. The Balaban J connectivity index is 1.32. The quantitative estimate of drug-likeness (QED) is 0.373. The first-order valence-electron chi connectivity index (χ1n) is 11.9. The Morgan fingerprint density at radius 2 is 1.74 bits per heavy atom. The van der Waals surface area contributed by atoms with Gasteiger partial charge in [-0.3, -0.25) is 4.79 Å². The molecule has 7 nitrogen and oxygen atoms in total. The number of carbonyl (C=O) groups excluding carboxylic acids is 1. The van der Waals surface area contributed by atoms with Crippen LogP contribution in [0.4, 0.5) is 22.9 Å². The van der Waals surface area contributed by atoms with Crippen LogP contribution < -0.4 is 15.5 Å². The number of amides is 1. The van der Waals surface area contributed by atoms with E-state index in [1.54, 1.807) is 12.4 Å². The van der Waals surface area contributed by atoms with E-state index >= 15 is 0 Å². The average molecular weight is 465 g/mol. The van der Waals surface area contributed by atoms with Gasteiger partial charge in [-0.05, 0) is 86.3 Å². The van der Waals surface area contributed by atoms with Crippen LogP contribution in [0.5, 0.6) is 0 Å². The molecular weight excluding hydrogens is 436 g/mol. The highest BCUT2D eigenvalue weighted by atomic mass is 16.1. The Labute approximate surface area is 205 Å². The highest BCUT2D eigenvalue weighted by Gasteiger charge is 2.14. The number of hydrogen-bond acceptors (Lipinski definition) is 6. The molecule has 0 unspecified atom stereocenters. The largest absolute Gasteiger partial charge is 0.372 e. The second kappa shape index (κ2) is 10.3. The fourth-order valence-electron chi connectivity index (χ4n) is 4.30. The molecule has 0 saturated carbocycles. The lowest BCUT2D eigenvalue weighted by molar-refractivity contribution is 0.102. The van der Waals surface area contributed by atoms with Crippen molar-refractivity contribution in [3.8, 4) is 11.3 Å². The SMILES string of the molecule is Cc1ccc(C(=O)Nc2ccc(N3CCCCC3)cc2)cc1Nc1ncccc1-c1ccncn1. The first-order valence-corrected chi connectivity index (χ1v) is 11.9. The van der Waals surface area contributed by atoms with E-state index in [0.29, 0.717) is 11.4 Å². The molecule has 35 heavy (non-hydrogen) atoms. The molecule has 3 heterocycles. The number of nitrogens with zero attached hydrogens (tertiary/aromatic N) is 4. The zero-order chi connectivity index (χ0) is 24.0. The zero-order valence-corrected chi connectivity index (χ0v) is 19.7. The van der Waals surface area contributed by atoms with Gasteiger partial charge in [-0.1, -0.05) is 6.07 Å². The molecule has 0 aliphatic carbocycles. The van der Waals surface area contributed by atoms with Gasteiger partial charge in [0.2, 0.25) is 0 Å². The van der Waals surface area contributed by atoms with Crippen LogP contribution in [-0.4, -0.2) is 33.9 Å². The molecule has 0 bridgehead atoms. The summed E-state index contributed by atoms with van der Waals surface area (Å²) < 4.78 is 0. The number of aromatic nitrogens is 3. The van der Waals surface area contributed by atoms with Gasteiger partial charge < -0.3 is 15.5 Å². The maximum atomic E-state index is 13.0. The third kappa shape index (κ3) is 5.30. The summed E-state index contributed by atoms with van der Waals surface area (Å²) in [5, 5.41) is 6.40. The number of piperidine rings is 1. The predicted molar refractivity (Wildman–Crippen MR) is 140 cm³/mol. The summed E-state index contributed by atoms with van der Waals surface area (Å²) in [6.45, 7) is 4.19. The fourth-order valence-corrected chi connectivity index (χ4v) is 4.30. The van der Waals surface area contributed by atoms with Gasteiger partial charge in [-0.15, -0.1) is 0 Å². The van der Waals surface area contributed by atoms with Crippen molar-refractivity contribution in [2.24, 2.45) is 0 Å². The Hall–Kier alpha value is -4.26. The lowest BCUT2D eigenvalue weighted by Gasteiger charge is -2.28. The number of aryl methyl sites for hydroxylation is 1. The number of carbonyl (C=O) groups is 1. The summed E-state index contributed by atoms with van der Waals surface area (Å²) in [4.78, 5) is 28.3. The molecule has 2 aromatic heterocycles. The molecule has 0 radical (unpaired) electrons. The standard InChI is InChI=1S/C28H28N6O/c1-20-7-8-21(28(35)32-22-9-11-23(12-10-22)34-16-3-2-4-17-34)18-26(20)33-27-24(6-5-14-30-27)25-13-15-29-19-31-25/h5-15,18-19H,2-4,16-17H2,1H3,(H,30,33)(H,32,35). The van der Waals surface area contributed by atoms with E-state index in [-0.39, 0.29) is 5.91 Å². The minimum Gasteiger partial charge on any atom is -0.372 e. The van der Waals surface area contributed by atoms with Crippen molar-refractivity contribution in [1.82, 2.24) is 15.0 Å². The Morgan fingerprint density at radius 1 is 0.914 bits per heavy atom. The molecule has 7 heteroatoms. The van der Waals surface area contributed by atoms with E-state index in [2.05, 4.69) is 42.6 Å². The summed E-state index contributed by atoms with van der Waals surface area (Å²) >= 11 is 0. The van der Waals surface area contributed by atoms with Crippen molar-refractivity contribution < 1.29 is 4.79 Å². The van der Waals surface area contributed by atoms with E-state index in [1.165, 1.54) is 31.3 Å². The highest BCUT2D eigenvalue weighted by Crippen LogP contribution is 2.29. The molecule has 4 aromatic rings. The maximum Gasteiger partial charge on any atom is 0.255 e. The molecule has 2 N–H and O–H groups in total. The molecule has 2 aromatic carbocycles. The lowest BCUT2D eigenvalue weighted by Crippen LogP contribution is -2.29. The van der Waals surface area contributed by atoms with Gasteiger partial charge in [-0.25, -0.2) is 15.0 Å². The molecule has 0 spiro atoms. The zero-order valence-electron chi connectivity index (χ0n) is 19.7. The minimum absolute atomic E-state index is 0.157. The summed E-state index contributed by atoms with van der Waals surface area (Å²) in [6.07, 6.45) is 8.73. The van der Waals surface area contributed by atoms with Crippen LogP contribution in [0.15, 0.2) is 79.4 Å². The highest BCUT2D eigenvalue weighted by molar-refractivity contribution is 6.05. The van der Waals surface area contributed by atoms with Gasteiger partial charge in [-0.2, -0.15) is 0 Å². The summed E-state index contributed by atoms with van der Waals surface area (Å²) in [7, 11) is 0. The molecule has 0 atom stereocenters. The number of pyridine rings is 1. The molecule has 1 fully saturated rings. The molecule has 1 aliphatic rings. The van der Waals surface area contributed by atoms with Gasteiger partial charge in [0.25, 0.3) is 5.91 Å². The summed E-state index contributed by atoms with van der Waals surface area (Å²) in [5.74, 6) is 0.510. The fraction of sp³-hybridized carbons (Fsp3) is 0.214. The van der Waals surface area contributed by atoms with Crippen LogP contribution in [-0.2, 0) is 0 Å². The topological polar surface area (TPSA) is 83.0 Å². The number of benzene rings is 2. The van der Waals surface area contributed by atoms with Crippen molar-refractivity contribution in [3.05, 3.63) is 90.5 Å². The average Bonchev–Trinajstić information content (AvgIpc) is 2.91. The van der Waals surface area contributed by atoms with E-state index in [9.17, 15) is 4.79 Å². The van der Waals surface area contributed by atoms with Crippen molar-refractivity contribution in [2.75, 3.05) is 28.6 Å². The van der Waals surface area contributed by atoms with Crippen molar-refractivity contribution in [3.63, 3.8) is 0 Å². The van der Waals surface area contributed by atoms with Gasteiger partial charge >= 0.3 is 0 Å². The van der Waals surface area contributed by atoms with Crippen LogP contribution in [0.1, 0.15) is 35.2 Å². The van der Waals surface area contributed by atoms with Crippen LogP contribution in [0, 0.1) is 6.92 Å². The summed E-state index contributed by atoms with van der Waals surface area (Å²) in [5.41, 5.74) is 6.01. The summed E-state index contributed by atoms with van der Waals surface area (Å²) in [6, 6.07) is 19.4. The number of nitrogens with one attached hydrogen (secondary N) is 2. The minimum atomic E-state index is -0.157. The van der Waals surface area contributed by atoms with Crippen LogP contribution in [0.25, 0.3) is 11.3 Å². The predicted octanol–water partition coefficient (Wildman–Crippen LogP) is 5.83. The van der Waals surface area contributed by atoms with E-state index in [0.717, 1.165) is 41.3 Å². The van der Waals surface area contributed by atoms with Gasteiger partial charge in [0.15, 0.2) is 0 Å². The van der Waals surface area contributed by atoms with E-state index in [1.807, 2.05) is 55.5 Å². The van der Waals surface area contributed by atoms with Gasteiger partial charge in [0, 0.05) is 53.7 Å². The molecule has 176 valence electrons. The Morgan fingerprint density at radius 3 is 2.51 bits per heavy atom. The monoisotopic (exact) mass is 464 g/mol. The van der Waals surface area contributed by atoms with Crippen LogP contribution in [0.3, 0.4) is 0 Å². The molecule has 1 saturated heterocycles. The smallest absolute Gasteiger partial charge is 0.255 e. The van der Waals surface area contributed by atoms with Crippen molar-refractivity contribution in [2.45, 2.75) is 26.2 Å². The maximum absolute atomic E-state index is 13.0. The lowest BCUT2D eigenvalue weighted by atomic mass is 10.1.